The van der Waals surface area contributed by atoms with Gasteiger partial charge >= 0.3 is 0 Å². The molecule has 2 rings (SSSR count). The van der Waals surface area contributed by atoms with Crippen LogP contribution in [0.25, 0.3) is 0 Å². The van der Waals surface area contributed by atoms with Crippen molar-refractivity contribution in [3.63, 3.8) is 0 Å². The highest BCUT2D eigenvalue weighted by molar-refractivity contribution is 5.86. The quantitative estimate of drug-likeness (QED) is 0.626. The summed E-state index contributed by atoms with van der Waals surface area (Å²) >= 11 is 0. The van der Waals surface area contributed by atoms with E-state index in [0.29, 0.717) is 22.8 Å². The molecule has 6 nitrogen and oxygen atoms in total. The number of hydrogen-bond donors (Lipinski definition) is 1. The van der Waals surface area contributed by atoms with Crippen molar-refractivity contribution in [3.05, 3.63) is 53.6 Å². The van der Waals surface area contributed by atoms with E-state index in [9.17, 15) is 4.79 Å². The Morgan fingerprint density at radius 3 is 2.46 bits per heavy atom. The molecule has 1 N–H and O–H groups in total. The number of nitrogens with zero attached hydrogens (tertiary/aromatic N) is 1. The van der Waals surface area contributed by atoms with Gasteiger partial charge in [0.1, 0.15) is 17.2 Å². The Balaban J connectivity index is 1.89. The molecule has 6 heteroatoms. The van der Waals surface area contributed by atoms with E-state index in [2.05, 4.69) is 10.5 Å². The van der Waals surface area contributed by atoms with Crippen LogP contribution in [0.1, 0.15) is 11.1 Å². The SMILES string of the molecule is COc1ccc(OC)c(C=NNC(=O)COc2ccc(C)cc2)c1. The van der Waals surface area contributed by atoms with Crippen LogP contribution in [-0.2, 0) is 4.79 Å². The molecule has 0 heterocycles. The Kier molecular flexibility index (Phi) is 6.19. The van der Waals surface area contributed by atoms with Crippen molar-refractivity contribution in [2.45, 2.75) is 6.92 Å². The van der Waals surface area contributed by atoms with Gasteiger partial charge in [0.25, 0.3) is 5.91 Å². The normalized spacial score (nSPS) is 10.5. The molecule has 0 aliphatic carbocycles. The van der Waals surface area contributed by atoms with E-state index in [-0.39, 0.29) is 12.5 Å². The van der Waals surface area contributed by atoms with Gasteiger partial charge in [-0.3, -0.25) is 4.79 Å². The van der Waals surface area contributed by atoms with Crippen molar-refractivity contribution in [3.8, 4) is 17.2 Å². The zero-order chi connectivity index (χ0) is 17.4. The van der Waals surface area contributed by atoms with Crippen molar-refractivity contribution in [2.75, 3.05) is 20.8 Å². The number of hydrogen-bond acceptors (Lipinski definition) is 5. The van der Waals surface area contributed by atoms with Crippen LogP contribution in [0.3, 0.4) is 0 Å². The molecule has 24 heavy (non-hydrogen) atoms. The van der Waals surface area contributed by atoms with Crippen molar-refractivity contribution in [1.29, 1.82) is 0 Å². The molecule has 1 amide bonds. The van der Waals surface area contributed by atoms with Gasteiger partial charge in [-0.05, 0) is 37.3 Å². The molecule has 0 radical (unpaired) electrons. The minimum atomic E-state index is -0.353. The number of carbonyl (C=O) groups is 1. The van der Waals surface area contributed by atoms with Crippen LogP contribution >= 0.6 is 0 Å². The lowest BCUT2D eigenvalue weighted by Crippen LogP contribution is -2.24. The molecule has 0 atom stereocenters. The van der Waals surface area contributed by atoms with Crippen molar-refractivity contribution < 1.29 is 19.0 Å². The number of amides is 1. The molecule has 0 saturated carbocycles. The van der Waals surface area contributed by atoms with Crippen molar-refractivity contribution in [2.24, 2.45) is 5.10 Å². The van der Waals surface area contributed by atoms with Crippen molar-refractivity contribution in [1.82, 2.24) is 5.43 Å². The van der Waals surface area contributed by atoms with Crippen LogP contribution in [0, 0.1) is 6.92 Å². The van der Waals surface area contributed by atoms with E-state index in [1.165, 1.54) is 6.21 Å². The number of carbonyl (C=O) groups excluding carboxylic acids is 1. The van der Waals surface area contributed by atoms with Gasteiger partial charge in [0.05, 0.1) is 20.4 Å². The maximum absolute atomic E-state index is 11.7. The average Bonchev–Trinajstić information content (AvgIpc) is 2.61. The first-order valence-electron chi connectivity index (χ1n) is 7.36. The first-order chi connectivity index (χ1) is 11.6. The first kappa shape index (κ1) is 17.3. The predicted octanol–water partition coefficient (Wildman–Crippen LogP) is 2.54. The molecule has 2 aromatic carbocycles. The smallest absolute Gasteiger partial charge is 0.277 e. The summed E-state index contributed by atoms with van der Waals surface area (Å²) in [7, 11) is 3.14. The third kappa shape index (κ3) is 5.01. The highest BCUT2D eigenvalue weighted by Crippen LogP contribution is 2.22. The molecule has 0 fully saturated rings. The summed E-state index contributed by atoms with van der Waals surface area (Å²) < 4.78 is 15.8. The molecule has 0 aliphatic heterocycles. The predicted molar refractivity (Wildman–Crippen MR) is 92.0 cm³/mol. The van der Waals surface area contributed by atoms with Gasteiger partial charge in [0.2, 0.25) is 0 Å². The van der Waals surface area contributed by atoms with E-state index < -0.39 is 0 Å². The number of hydrazone groups is 1. The van der Waals surface area contributed by atoms with Crippen LogP contribution in [0.2, 0.25) is 0 Å². The van der Waals surface area contributed by atoms with Gasteiger partial charge < -0.3 is 14.2 Å². The topological polar surface area (TPSA) is 69.2 Å². The lowest BCUT2D eigenvalue weighted by Gasteiger charge is -2.07. The van der Waals surface area contributed by atoms with Crippen LogP contribution in [-0.4, -0.2) is 32.9 Å². The van der Waals surface area contributed by atoms with E-state index in [1.807, 2.05) is 31.2 Å². The number of aryl methyl sites for hydroxylation is 1. The number of benzene rings is 2. The Labute approximate surface area is 141 Å². The lowest BCUT2D eigenvalue weighted by molar-refractivity contribution is -0.123. The minimum absolute atomic E-state index is 0.115. The van der Waals surface area contributed by atoms with Gasteiger partial charge in [0, 0.05) is 5.56 Å². The molecule has 0 unspecified atom stereocenters. The molecule has 0 saturated heterocycles. The monoisotopic (exact) mass is 328 g/mol. The van der Waals surface area contributed by atoms with Gasteiger partial charge in [-0.2, -0.15) is 5.10 Å². The molecule has 0 aromatic heterocycles. The second kappa shape index (κ2) is 8.57. The number of nitrogens with one attached hydrogen (secondary N) is 1. The summed E-state index contributed by atoms with van der Waals surface area (Å²) in [6.07, 6.45) is 1.49. The molecular formula is C18H20N2O4. The largest absolute Gasteiger partial charge is 0.497 e. The zero-order valence-electron chi connectivity index (χ0n) is 13.9. The number of ether oxygens (including phenoxy) is 3. The van der Waals surface area contributed by atoms with Gasteiger partial charge in [-0.15, -0.1) is 0 Å². The molecular weight excluding hydrogens is 308 g/mol. The third-order valence-corrected chi connectivity index (χ3v) is 3.22. The lowest BCUT2D eigenvalue weighted by atomic mass is 10.2. The van der Waals surface area contributed by atoms with Crippen LogP contribution in [0.15, 0.2) is 47.6 Å². The van der Waals surface area contributed by atoms with Crippen LogP contribution < -0.4 is 19.6 Å². The molecule has 126 valence electrons. The second-order valence-corrected chi connectivity index (χ2v) is 5.00. The van der Waals surface area contributed by atoms with E-state index in [0.717, 1.165) is 5.56 Å². The maximum Gasteiger partial charge on any atom is 0.277 e. The summed E-state index contributed by atoms with van der Waals surface area (Å²) in [6.45, 7) is 1.87. The van der Waals surface area contributed by atoms with Crippen molar-refractivity contribution >= 4 is 12.1 Å². The Morgan fingerprint density at radius 2 is 1.79 bits per heavy atom. The van der Waals surface area contributed by atoms with Crippen LogP contribution in [0.4, 0.5) is 0 Å². The average molecular weight is 328 g/mol. The highest BCUT2D eigenvalue weighted by Gasteiger charge is 2.04. The summed E-state index contributed by atoms with van der Waals surface area (Å²) in [6, 6.07) is 12.8. The molecule has 0 aliphatic rings. The fourth-order valence-corrected chi connectivity index (χ4v) is 1.93. The Morgan fingerprint density at radius 1 is 1.08 bits per heavy atom. The Hall–Kier alpha value is -3.02. The fourth-order valence-electron chi connectivity index (χ4n) is 1.93. The van der Waals surface area contributed by atoms with Crippen LogP contribution in [0.5, 0.6) is 17.2 Å². The summed E-state index contributed by atoms with van der Waals surface area (Å²) in [5, 5.41) is 3.91. The molecule has 2 aromatic rings. The first-order valence-corrected chi connectivity index (χ1v) is 7.36. The summed E-state index contributed by atoms with van der Waals surface area (Å²) in [5.41, 5.74) is 4.23. The number of methoxy groups -OCH3 is 2. The summed E-state index contributed by atoms with van der Waals surface area (Å²) in [5.74, 6) is 1.58. The van der Waals surface area contributed by atoms with Gasteiger partial charge in [-0.1, -0.05) is 17.7 Å². The zero-order valence-corrected chi connectivity index (χ0v) is 13.9. The highest BCUT2D eigenvalue weighted by atomic mass is 16.5. The third-order valence-electron chi connectivity index (χ3n) is 3.22. The number of rotatable bonds is 7. The fraction of sp³-hybridized carbons (Fsp3) is 0.222. The standard InChI is InChI=1S/C18H20N2O4/c1-13-4-6-15(7-5-13)24-12-18(21)20-19-11-14-10-16(22-2)8-9-17(14)23-3/h4-11H,12H2,1-3H3,(H,20,21). The maximum atomic E-state index is 11.7. The molecule has 0 spiro atoms. The summed E-state index contributed by atoms with van der Waals surface area (Å²) in [4.78, 5) is 11.7. The van der Waals surface area contributed by atoms with E-state index in [4.69, 9.17) is 14.2 Å². The molecule has 0 bridgehead atoms. The van der Waals surface area contributed by atoms with Gasteiger partial charge in [0.15, 0.2) is 6.61 Å². The second-order valence-electron chi connectivity index (χ2n) is 5.00. The van der Waals surface area contributed by atoms with E-state index in [1.54, 1.807) is 32.4 Å². The Bertz CT molecular complexity index is 711. The van der Waals surface area contributed by atoms with Gasteiger partial charge in [-0.25, -0.2) is 5.43 Å². The minimum Gasteiger partial charge on any atom is -0.497 e. The van der Waals surface area contributed by atoms with E-state index >= 15 is 0 Å².